The number of ether oxygens (including phenoxy) is 1. The number of nitrogens with one attached hydrogen (secondary N) is 3. The van der Waals surface area contributed by atoms with Crippen molar-refractivity contribution in [3.05, 3.63) is 0 Å². The van der Waals surface area contributed by atoms with Gasteiger partial charge in [-0.25, -0.2) is 0 Å². The Hall–Kier alpha value is -1.49. The Kier molecular flexibility index (Phi) is 7.97. The largest absolute Gasteiger partial charge is 0.379 e. The fourth-order valence-electron chi connectivity index (χ4n) is 5.15. The maximum Gasteiger partial charge on any atom is 0.237 e. The minimum atomic E-state index is -0.130. The molecule has 0 saturated carbocycles. The van der Waals surface area contributed by atoms with Crippen LogP contribution in [0, 0.1) is 0 Å². The Morgan fingerprint density at radius 1 is 1.19 bits per heavy atom. The number of amides is 2. The lowest BCUT2D eigenvalue weighted by Crippen LogP contribution is -2.58. The van der Waals surface area contributed by atoms with Gasteiger partial charge in [-0.05, 0) is 37.9 Å². The van der Waals surface area contributed by atoms with Gasteiger partial charge in [0, 0.05) is 70.9 Å². The molecule has 10 heteroatoms. The number of morpholine rings is 1. The van der Waals surface area contributed by atoms with Crippen molar-refractivity contribution in [2.45, 2.75) is 50.2 Å². The first-order valence-electron chi connectivity index (χ1n) is 11.8. The lowest BCUT2D eigenvalue weighted by molar-refractivity contribution is -0.131. The standard InChI is InChI=1S/C21H36N6O3S/c28-19(26-6-1-2-7-26)4-3-17-14-23-20(29)18-13-16(15-27(17)18)24-21(31)22-5-8-25-9-11-30-12-10-25/h16-18H,1-15H2,(H,23,29)(H2,22,24,31)/t16-,17+,18-/m0/s1. The van der Waals surface area contributed by atoms with E-state index in [2.05, 4.69) is 25.8 Å². The molecule has 4 aliphatic heterocycles. The highest BCUT2D eigenvalue weighted by molar-refractivity contribution is 7.80. The van der Waals surface area contributed by atoms with Gasteiger partial charge in [0.25, 0.3) is 0 Å². The lowest BCUT2D eigenvalue weighted by atomic mass is 10.0. The summed E-state index contributed by atoms with van der Waals surface area (Å²) in [6, 6.07) is 0.229. The fourth-order valence-corrected chi connectivity index (χ4v) is 5.42. The van der Waals surface area contributed by atoms with Gasteiger partial charge in [0.2, 0.25) is 11.8 Å². The molecule has 4 heterocycles. The van der Waals surface area contributed by atoms with E-state index in [0.717, 1.165) is 84.7 Å². The molecule has 2 amide bonds. The molecule has 4 rings (SSSR count). The predicted molar refractivity (Wildman–Crippen MR) is 122 cm³/mol. The van der Waals surface area contributed by atoms with E-state index < -0.39 is 0 Å². The van der Waals surface area contributed by atoms with Gasteiger partial charge in [-0.15, -0.1) is 0 Å². The summed E-state index contributed by atoms with van der Waals surface area (Å²) in [5, 5.41) is 10.4. The second-order valence-corrected chi connectivity index (χ2v) is 9.43. The highest BCUT2D eigenvalue weighted by Gasteiger charge is 2.43. The van der Waals surface area contributed by atoms with Crippen LogP contribution in [0.15, 0.2) is 0 Å². The Labute approximate surface area is 190 Å². The first kappa shape index (κ1) is 22.7. The van der Waals surface area contributed by atoms with Gasteiger partial charge >= 0.3 is 0 Å². The number of fused-ring (bicyclic) bond motifs is 1. The monoisotopic (exact) mass is 452 g/mol. The molecule has 4 saturated heterocycles. The van der Waals surface area contributed by atoms with Crippen LogP contribution in [0.25, 0.3) is 0 Å². The molecule has 3 N–H and O–H groups in total. The molecule has 0 aromatic heterocycles. The van der Waals surface area contributed by atoms with Crippen molar-refractivity contribution < 1.29 is 14.3 Å². The molecule has 0 aliphatic carbocycles. The van der Waals surface area contributed by atoms with E-state index in [4.69, 9.17) is 17.0 Å². The summed E-state index contributed by atoms with van der Waals surface area (Å²) in [5.74, 6) is 0.350. The van der Waals surface area contributed by atoms with Crippen molar-refractivity contribution in [2.24, 2.45) is 0 Å². The van der Waals surface area contributed by atoms with E-state index >= 15 is 0 Å². The summed E-state index contributed by atoms with van der Waals surface area (Å²) in [6.07, 6.45) is 4.33. The van der Waals surface area contributed by atoms with Crippen LogP contribution in [-0.4, -0.2) is 115 Å². The maximum absolute atomic E-state index is 12.4. The van der Waals surface area contributed by atoms with Gasteiger partial charge in [0.1, 0.15) is 0 Å². The number of hydrogen-bond acceptors (Lipinski definition) is 6. The summed E-state index contributed by atoms with van der Waals surface area (Å²) in [7, 11) is 0. The van der Waals surface area contributed by atoms with Crippen LogP contribution in [0.1, 0.15) is 32.1 Å². The Morgan fingerprint density at radius 2 is 1.97 bits per heavy atom. The van der Waals surface area contributed by atoms with Crippen LogP contribution in [0.3, 0.4) is 0 Å². The molecule has 4 aliphatic rings. The Bertz CT molecular complexity index is 653. The van der Waals surface area contributed by atoms with Gasteiger partial charge in [0.15, 0.2) is 5.11 Å². The number of rotatable bonds is 7. The number of likely N-dealkylation sites (tertiary alicyclic amines) is 1. The average molecular weight is 453 g/mol. The number of carbonyl (C=O) groups is 2. The highest BCUT2D eigenvalue weighted by Crippen LogP contribution is 2.26. The van der Waals surface area contributed by atoms with Crippen molar-refractivity contribution in [1.82, 2.24) is 30.7 Å². The molecule has 0 unspecified atom stereocenters. The normalized spacial score (nSPS) is 29.5. The topological polar surface area (TPSA) is 89.2 Å². The number of hydrogen-bond donors (Lipinski definition) is 3. The first-order chi connectivity index (χ1) is 15.1. The third-order valence-electron chi connectivity index (χ3n) is 6.93. The summed E-state index contributed by atoms with van der Waals surface area (Å²) in [4.78, 5) is 31.5. The quantitative estimate of drug-likeness (QED) is 0.430. The number of nitrogens with zero attached hydrogens (tertiary/aromatic N) is 3. The second-order valence-electron chi connectivity index (χ2n) is 9.03. The van der Waals surface area contributed by atoms with Crippen molar-refractivity contribution in [3.8, 4) is 0 Å². The third kappa shape index (κ3) is 6.06. The molecule has 0 spiro atoms. The van der Waals surface area contributed by atoms with Crippen molar-refractivity contribution in [3.63, 3.8) is 0 Å². The van der Waals surface area contributed by atoms with Crippen LogP contribution in [0.2, 0.25) is 0 Å². The number of thiocarbonyl (C=S) groups is 1. The van der Waals surface area contributed by atoms with E-state index in [1.54, 1.807) is 0 Å². The second kappa shape index (κ2) is 10.9. The van der Waals surface area contributed by atoms with E-state index in [0.29, 0.717) is 18.1 Å². The summed E-state index contributed by atoms with van der Waals surface area (Å²) in [5.41, 5.74) is 0. The van der Waals surface area contributed by atoms with Gasteiger partial charge in [-0.3, -0.25) is 19.4 Å². The predicted octanol–water partition coefficient (Wildman–Crippen LogP) is -0.873. The van der Waals surface area contributed by atoms with Crippen LogP contribution < -0.4 is 16.0 Å². The van der Waals surface area contributed by atoms with Crippen LogP contribution in [-0.2, 0) is 14.3 Å². The Balaban J connectivity index is 1.20. The first-order valence-corrected chi connectivity index (χ1v) is 12.2. The molecule has 0 aromatic carbocycles. The van der Waals surface area contributed by atoms with E-state index in [9.17, 15) is 9.59 Å². The molecule has 174 valence electrons. The summed E-state index contributed by atoms with van der Waals surface area (Å²) >= 11 is 5.49. The molecule has 0 bridgehead atoms. The Morgan fingerprint density at radius 3 is 2.74 bits per heavy atom. The van der Waals surface area contributed by atoms with Crippen LogP contribution in [0.4, 0.5) is 0 Å². The van der Waals surface area contributed by atoms with Gasteiger partial charge in [-0.2, -0.15) is 0 Å². The van der Waals surface area contributed by atoms with Gasteiger partial charge in [-0.1, -0.05) is 0 Å². The lowest BCUT2D eigenvalue weighted by Gasteiger charge is -2.37. The zero-order valence-electron chi connectivity index (χ0n) is 18.3. The highest BCUT2D eigenvalue weighted by atomic mass is 32.1. The molecule has 9 nitrogen and oxygen atoms in total. The summed E-state index contributed by atoms with van der Waals surface area (Å²) < 4.78 is 5.38. The smallest absolute Gasteiger partial charge is 0.237 e. The van der Waals surface area contributed by atoms with Crippen LogP contribution >= 0.6 is 12.2 Å². The molecule has 4 fully saturated rings. The SMILES string of the molecule is O=C1NC[C@@H](CCC(=O)N2CCCC2)N2C[C@@H](NC(=S)NCCN3CCOCC3)C[C@@H]12. The minimum Gasteiger partial charge on any atom is -0.379 e. The average Bonchev–Trinajstić information content (AvgIpc) is 3.45. The molecule has 0 radical (unpaired) electrons. The number of carbonyl (C=O) groups excluding carboxylic acids is 2. The summed E-state index contributed by atoms with van der Waals surface area (Å²) in [6.45, 7) is 8.49. The molecule has 3 atom stereocenters. The van der Waals surface area contributed by atoms with Crippen molar-refractivity contribution in [2.75, 3.05) is 65.6 Å². The number of piperazine rings is 1. The van der Waals surface area contributed by atoms with Crippen LogP contribution in [0.5, 0.6) is 0 Å². The zero-order valence-corrected chi connectivity index (χ0v) is 19.1. The zero-order chi connectivity index (χ0) is 21.6. The van der Waals surface area contributed by atoms with E-state index in [1.807, 2.05) is 4.90 Å². The fraction of sp³-hybridized carbons (Fsp3) is 0.857. The minimum absolute atomic E-state index is 0.0950. The molecule has 31 heavy (non-hydrogen) atoms. The van der Waals surface area contributed by atoms with Crippen molar-refractivity contribution in [1.29, 1.82) is 0 Å². The molecule has 0 aromatic rings. The van der Waals surface area contributed by atoms with Crippen molar-refractivity contribution >= 4 is 29.1 Å². The molecular formula is C21H36N6O3S. The van der Waals surface area contributed by atoms with E-state index in [1.165, 1.54) is 0 Å². The maximum atomic E-state index is 12.4. The molecular weight excluding hydrogens is 416 g/mol. The third-order valence-corrected chi connectivity index (χ3v) is 7.19. The van der Waals surface area contributed by atoms with Gasteiger partial charge < -0.3 is 25.6 Å². The van der Waals surface area contributed by atoms with Gasteiger partial charge in [0.05, 0.1) is 19.3 Å². The van der Waals surface area contributed by atoms with E-state index in [-0.39, 0.29) is 29.9 Å².